The van der Waals surface area contributed by atoms with Crippen molar-refractivity contribution >= 4 is 35.8 Å². The van der Waals surface area contributed by atoms with Crippen molar-refractivity contribution in [2.45, 2.75) is 19.9 Å². The third-order valence-electron chi connectivity index (χ3n) is 4.50. The number of halogens is 1. The highest BCUT2D eigenvalue weighted by Gasteiger charge is 2.09. The van der Waals surface area contributed by atoms with Gasteiger partial charge in [-0.3, -0.25) is 9.79 Å². The number of guanidine groups is 1. The predicted octanol–water partition coefficient (Wildman–Crippen LogP) is 3.66. The first kappa shape index (κ1) is 25.7. The van der Waals surface area contributed by atoms with Crippen LogP contribution in [0.1, 0.15) is 28.4 Å². The van der Waals surface area contributed by atoms with Gasteiger partial charge in [-0.2, -0.15) is 0 Å². The van der Waals surface area contributed by atoms with E-state index in [1.54, 1.807) is 26.0 Å². The molecule has 0 aliphatic carbocycles. The molecule has 0 spiro atoms. The molecule has 0 heterocycles. The number of hydrogen-bond donors (Lipinski definition) is 1. The van der Waals surface area contributed by atoms with Gasteiger partial charge in [-0.15, -0.1) is 24.0 Å². The van der Waals surface area contributed by atoms with Crippen LogP contribution in [-0.4, -0.2) is 63.0 Å². The topological polar surface area (TPSA) is 57.2 Å². The molecule has 0 unspecified atom stereocenters. The monoisotopic (exact) mass is 524 g/mol. The Labute approximate surface area is 197 Å². The van der Waals surface area contributed by atoms with E-state index < -0.39 is 0 Å². The Morgan fingerprint density at radius 1 is 1.07 bits per heavy atom. The fourth-order valence-corrected chi connectivity index (χ4v) is 3.03. The molecule has 1 amide bonds. The SMILES string of the molecule is CCOc1ccc(CN(C)C(=NC)NCCc2cccc(C(=O)N(C)C)c2)cc1.I. The minimum absolute atomic E-state index is 0. The van der Waals surface area contributed by atoms with Gasteiger partial charge in [0.2, 0.25) is 0 Å². The van der Waals surface area contributed by atoms with Crippen molar-refractivity contribution in [1.29, 1.82) is 0 Å². The van der Waals surface area contributed by atoms with Gasteiger partial charge < -0.3 is 19.9 Å². The van der Waals surface area contributed by atoms with Gasteiger partial charge in [-0.1, -0.05) is 24.3 Å². The van der Waals surface area contributed by atoms with Crippen molar-refractivity contribution in [1.82, 2.24) is 15.1 Å². The summed E-state index contributed by atoms with van der Waals surface area (Å²) in [6.07, 6.45) is 0.810. The molecule has 0 radical (unpaired) electrons. The van der Waals surface area contributed by atoms with E-state index in [1.165, 1.54) is 5.56 Å². The summed E-state index contributed by atoms with van der Waals surface area (Å²) in [6.45, 7) is 4.13. The van der Waals surface area contributed by atoms with Gasteiger partial charge in [-0.25, -0.2) is 0 Å². The molecule has 0 aliphatic heterocycles. The first-order chi connectivity index (χ1) is 13.9. The fourth-order valence-electron chi connectivity index (χ4n) is 3.03. The van der Waals surface area contributed by atoms with Gasteiger partial charge in [-0.05, 0) is 48.7 Å². The Kier molecular flexibility index (Phi) is 11.2. The molecule has 7 heteroatoms. The van der Waals surface area contributed by atoms with E-state index in [0.29, 0.717) is 12.2 Å². The lowest BCUT2D eigenvalue weighted by Crippen LogP contribution is -2.39. The molecule has 30 heavy (non-hydrogen) atoms. The lowest BCUT2D eigenvalue weighted by molar-refractivity contribution is 0.0827. The summed E-state index contributed by atoms with van der Waals surface area (Å²) < 4.78 is 5.49. The highest BCUT2D eigenvalue weighted by atomic mass is 127. The standard InChI is InChI=1S/C23H32N4O2.HI/c1-6-29-21-12-10-19(11-13-21)17-27(5)23(24-2)25-15-14-18-8-7-9-20(16-18)22(28)26(3)4;/h7-13,16H,6,14-15,17H2,1-5H3,(H,24,25);1H. The molecule has 0 bridgehead atoms. The molecular weight excluding hydrogens is 491 g/mol. The van der Waals surface area contributed by atoms with Gasteiger partial charge in [0.15, 0.2) is 5.96 Å². The zero-order chi connectivity index (χ0) is 21.2. The maximum absolute atomic E-state index is 12.1. The van der Waals surface area contributed by atoms with E-state index in [0.717, 1.165) is 36.8 Å². The third kappa shape index (κ3) is 7.85. The maximum Gasteiger partial charge on any atom is 0.253 e. The van der Waals surface area contributed by atoms with Gasteiger partial charge in [0.25, 0.3) is 5.91 Å². The Hall–Kier alpha value is -2.29. The highest BCUT2D eigenvalue weighted by Crippen LogP contribution is 2.13. The van der Waals surface area contributed by atoms with Crippen LogP contribution in [-0.2, 0) is 13.0 Å². The predicted molar refractivity (Wildman–Crippen MR) is 134 cm³/mol. The van der Waals surface area contributed by atoms with Crippen LogP contribution in [0.5, 0.6) is 5.75 Å². The minimum Gasteiger partial charge on any atom is -0.494 e. The molecule has 0 saturated carbocycles. The Morgan fingerprint density at radius 2 is 1.77 bits per heavy atom. The minimum atomic E-state index is 0. The number of carbonyl (C=O) groups is 1. The second-order valence-corrected chi connectivity index (χ2v) is 7.06. The lowest BCUT2D eigenvalue weighted by Gasteiger charge is -2.22. The molecule has 2 aromatic carbocycles. The van der Waals surface area contributed by atoms with Crippen molar-refractivity contribution in [3.63, 3.8) is 0 Å². The fraction of sp³-hybridized carbons (Fsp3) is 0.391. The first-order valence-electron chi connectivity index (χ1n) is 9.88. The summed E-state index contributed by atoms with van der Waals surface area (Å²) in [7, 11) is 7.33. The van der Waals surface area contributed by atoms with E-state index in [1.807, 2.05) is 50.4 Å². The molecule has 0 fully saturated rings. The van der Waals surface area contributed by atoms with Gasteiger partial charge in [0.05, 0.1) is 6.61 Å². The van der Waals surface area contributed by atoms with Gasteiger partial charge in [0.1, 0.15) is 5.75 Å². The Morgan fingerprint density at radius 3 is 2.37 bits per heavy atom. The number of carbonyl (C=O) groups excluding carboxylic acids is 1. The van der Waals surface area contributed by atoms with Crippen molar-refractivity contribution < 1.29 is 9.53 Å². The van der Waals surface area contributed by atoms with Gasteiger partial charge in [0, 0.05) is 46.8 Å². The van der Waals surface area contributed by atoms with Crippen molar-refractivity contribution in [2.75, 3.05) is 41.3 Å². The van der Waals surface area contributed by atoms with Crippen molar-refractivity contribution in [3.05, 3.63) is 65.2 Å². The molecule has 164 valence electrons. The second-order valence-electron chi connectivity index (χ2n) is 7.06. The normalized spacial score (nSPS) is 10.8. The van der Waals surface area contributed by atoms with E-state index >= 15 is 0 Å². The highest BCUT2D eigenvalue weighted by molar-refractivity contribution is 14.0. The largest absolute Gasteiger partial charge is 0.494 e. The van der Waals surface area contributed by atoms with Crippen LogP contribution in [0.15, 0.2) is 53.5 Å². The summed E-state index contributed by atoms with van der Waals surface area (Å²) in [5.41, 5.74) is 3.02. The van der Waals surface area contributed by atoms with Crippen LogP contribution in [0.4, 0.5) is 0 Å². The zero-order valence-electron chi connectivity index (χ0n) is 18.5. The number of nitrogens with zero attached hydrogens (tertiary/aromatic N) is 3. The number of hydrogen-bond acceptors (Lipinski definition) is 3. The Balaban J connectivity index is 0.00000450. The van der Waals surface area contributed by atoms with Crippen LogP contribution < -0.4 is 10.1 Å². The second kappa shape index (κ2) is 13.1. The molecule has 6 nitrogen and oxygen atoms in total. The number of nitrogens with one attached hydrogen (secondary N) is 1. The van der Waals surface area contributed by atoms with Crippen molar-refractivity contribution in [2.24, 2.45) is 4.99 Å². The summed E-state index contributed by atoms with van der Waals surface area (Å²) in [6, 6.07) is 15.9. The zero-order valence-corrected chi connectivity index (χ0v) is 20.8. The summed E-state index contributed by atoms with van der Waals surface area (Å²) in [5, 5.41) is 3.40. The number of rotatable bonds is 8. The van der Waals surface area contributed by atoms with E-state index in [9.17, 15) is 4.79 Å². The molecule has 0 atom stereocenters. The van der Waals surface area contributed by atoms with Crippen LogP contribution >= 0.6 is 24.0 Å². The van der Waals surface area contributed by atoms with E-state index in [2.05, 4.69) is 27.3 Å². The average molecular weight is 524 g/mol. The molecule has 0 saturated heterocycles. The number of ether oxygens (including phenoxy) is 1. The molecule has 2 rings (SSSR count). The van der Waals surface area contributed by atoms with Crippen LogP contribution in [0.3, 0.4) is 0 Å². The quantitative estimate of drug-likeness (QED) is 0.326. The maximum atomic E-state index is 12.1. The van der Waals surface area contributed by atoms with Crippen LogP contribution in [0.2, 0.25) is 0 Å². The van der Waals surface area contributed by atoms with Crippen LogP contribution in [0, 0.1) is 0 Å². The van der Waals surface area contributed by atoms with Crippen molar-refractivity contribution in [3.8, 4) is 5.75 Å². The average Bonchev–Trinajstić information content (AvgIpc) is 2.72. The van der Waals surface area contributed by atoms with Crippen LogP contribution in [0.25, 0.3) is 0 Å². The van der Waals surface area contributed by atoms with E-state index in [4.69, 9.17) is 4.74 Å². The molecule has 2 aromatic rings. The molecule has 0 aromatic heterocycles. The summed E-state index contributed by atoms with van der Waals surface area (Å²) in [4.78, 5) is 20.2. The summed E-state index contributed by atoms with van der Waals surface area (Å²) in [5.74, 6) is 1.74. The Bertz CT molecular complexity index is 822. The molecule has 1 N–H and O–H groups in total. The summed E-state index contributed by atoms with van der Waals surface area (Å²) >= 11 is 0. The number of amides is 1. The first-order valence-corrected chi connectivity index (χ1v) is 9.88. The number of benzene rings is 2. The molecular formula is C23H33IN4O2. The number of aliphatic imine (C=N–C) groups is 1. The lowest BCUT2D eigenvalue weighted by atomic mass is 10.1. The molecule has 0 aliphatic rings. The third-order valence-corrected chi connectivity index (χ3v) is 4.50. The van der Waals surface area contributed by atoms with Gasteiger partial charge >= 0.3 is 0 Å². The smallest absolute Gasteiger partial charge is 0.253 e. The van der Waals surface area contributed by atoms with E-state index in [-0.39, 0.29) is 29.9 Å².